The van der Waals surface area contributed by atoms with Crippen LogP contribution < -0.4 is 5.73 Å². The number of benzene rings is 2. The number of likely N-dealkylation sites (N-methyl/N-ethyl adjacent to an activating group) is 1. The number of nitrogens with one attached hydrogen (secondary N) is 1. The first kappa shape index (κ1) is 24.1. The van der Waals surface area contributed by atoms with Gasteiger partial charge in [0.1, 0.15) is 11.5 Å². The van der Waals surface area contributed by atoms with Crippen LogP contribution in [0.2, 0.25) is 0 Å². The number of fused-ring (bicyclic) bond motifs is 1. The molecule has 4 heterocycles. The molecule has 1 saturated heterocycles. The quantitative estimate of drug-likeness (QED) is 0.334. The summed E-state index contributed by atoms with van der Waals surface area (Å²) in [5, 5.41) is 8.59. The van der Waals surface area contributed by atoms with E-state index in [-0.39, 0.29) is 11.6 Å². The third-order valence-electron chi connectivity index (χ3n) is 8.23. The molecule has 39 heavy (non-hydrogen) atoms. The van der Waals surface area contributed by atoms with E-state index in [0.717, 1.165) is 65.1 Å². The number of nitrogens with zero attached hydrogens (tertiary/aromatic N) is 5. The van der Waals surface area contributed by atoms with E-state index in [4.69, 9.17) is 25.4 Å². The molecule has 2 aliphatic rings. The largest absolute Gasteiger partial charge is 0.378 e. The summed E-state index contributed by atoms with van der Waals surface area (Å²) in [4.78, 5) is 17.0. The van der Waals surface area contributed by atoms with E-state index >= 15 is 0 Å². The summed E-state index contributed by atoms with van der Waals surface area (Å²) in [5.74, 6) is 1.34. The average molecular weight is 518 g/mol. The fraction of sp³-hybridized carbons (Fsp3) is 0.290. The highest BCUT2D eigenvalue weighted by Crippen LogP contribution is 2.40. The molecule has 3 N–H and O–H groups in total. The highest BCUT2D eigenvalue weighted by Gasteiger charge is 2.34. The minimum atomic E-state index is -0.188. The molecule has 1 saturated carbocycles. The molecule has 7 rings (SSSR count). The Morgan fingerprint density at radius 1 is 0.974 bits per heavy atom. The minimum absolute atomic E-state index is 0.0372. The number of pyridine rings is 2. The summed E-state index contributed by atoms with van der Waals surface area (Å²) < 4.78 is 5.69. The first-order valence-electron chi connectivity index (χ1n) is 13.5. The van der Waals surface area contributed by atoms with Crippen molar-refractivity contribution in [3.05, 3.63) is 84.3 Å². The number of morpholine rings is 1. The van der Waals surface area contributed by atoms with Gasteiger partial charge in [-0.2, -0.15) is 5.10 Å². The number of aromatic amines is 1. The number of hydrogen-bond donors (Lipinski definition) is 2. The highest BCUT2D eigenvalue weighted by molar-refractivity contribution is 5.97. The summed E-state index contributed by atoms with van der Waals surface area (Å²) in [6.07, 6.45) is 5.05. The van der Waals surface area contributed by atoms with Crippen molar-refractivity contribution in [2.75, 3.05) is 26.8 Å². The highest BCUT2D eigenvalue weighted by atomic mass is 16.5. The second kappa shape index (κ2) is 9.64. The topological polar surface area (TPSA) is 106 Å². The lowest BCUT2D eigenvalue weighted by Crippen LogP contribution is -2.43. The van der Waals surface area contributed by atoms with Gasteiger partial charge < -0.3 is 10.5 Å². The Balaban J connectivity index is 1.34. The Hall–Kier alpha value is -3.98. The monoisotopic (exact) mass is 517 g/mol. The summed E-state index contributed by atoms with van der Waals surface area (Å²) in [7, 11) is 2.08. The molecule has 8 heteroatoms. The molecule has 0 spiro atoms. The van der Waals surface area contributed by atoms with Crippen molar-refractivity contribution in [2.24, 2.45) is 5.73 Å². The van der Waals surface area contributed by atoms with Crippen molar-refractivity contribution in [1.29, 1.82) is 0 Å². The molecule has 2 aromatic carbocycles. The molecule has 5 aromatic rings. The van der Waals surface area contributed by atoms with Gasteiger partial charge in [0.05, 0.1) is 30.5 Å². The maximum absolute atomic E-state index is 6.59. The van der Waals surface area contributed by atoms with E-state index in [1.807, 2.05) is 12.1 Å². The van der Waals surface area contributed by atoms with Crippen molar-refractivity contribution in [1.82, 2.24) is 30.0 Å². The van der Waals surface area contributed by atoms with E-state index in [1.54, 1.807) is 6.20 Å². The van der Waals surface area contributed by atoms with Crippen LogP contribution in [0.4, 0.5) is 0 Å². The molecule has 1 aliphatic carbocycles. The van der Waals surface area contributed by atoms with Gasteiger partial charge in [-0.3, -0.25) is 15.0 Å². The summed E-state index contributed by atoms with van der Waals surface area (Å²) >= 11 is 0. The van der Waals surface area contributed by atoms with E-state index in [1.165, 1.54) is 12.0 Å². The second-order valence-electron chi connectivity index (χ2n) is 10.7. The predicted molar refractivity (Wildman–Crippen MR) is 152 cm³/mol. The van der Waals surface area contributed by atoms with Crippen molar-refractivity contribution >= 4 is 10.9 Å². The van der Waals surface area contributed by atoms with Crippen molar-refractivity contribution < 1.29 is 4.74 Å². The Morgan fingerprint density at radius 2 is 1.79 bits per heavy atom. The average Bonchev–Trinajstić information content (AvgIpc) is 3.45. The van der Waals surface area contributed by atoms with Gasteiger partial charge in [-0.15, -0.1) is 0 Å². The van der Waals surface area contributed by atoms with Gasteiger partial charge >= 0.3 is 0 Å². The first-order valence-corrected chi connectivity index (χ1v) is 13.5. The number of aromatic nitrogens is 5. The zero-order valence-electron chi connectivity index (χ0n) is 22.0. The van der Waals surface area contributed by atoms with Crippen LogP contribution in [0.1, 0.15) is 36.7 Å². The maximum Gasteiger partial charge on any atom is 0.200 e. The second-order valence-corrected chi connectivity index (χ2v) is 10.7. The van der Waals surface area contributed by atoms with Crippen LogP contribution in [0.5, 0.6) is 0 Å². The Bertz CT molecular complexity index is 1630. The Labute approximate surface area is 227 Å². The minimum Gasteiger partial charge on any atom is -0.378 e. The van der Waals surface area contributed by atoms with Gasteiger partial charge in [0, 0.05) is 34.8 Å². The van der Waals surface area contributed by atoms with Gasteiger partial charge in [-0.1, -0.05) is 54.6 Å². The molecule has 3 aromatic heterocycles. The fourth-order valence-corrected chi connectivity index (χ4v) is 5.64. The van der Waals surface area contributed by atoms with Gasteiger partial charge in [0.15, 0.2) is 0 Å². The number of hydrogen-bond acceptors (Lipinski definition) is 7. The zero-order chi connectivity index (χ0) is 26.4. The maximum atomic E-state index is 6.59. The number of H-pyrrole nitrogens is 1. The number of rotatable bonds is 5. The van der Waals surface area contributed by atoms with Crippen LogP contribution in [-0.2, 0) is 10.3 Å². The normalized spacial score (nSPS) is 19.2. The van der Waals surface area contributed by atoms with Crippen LogP contribution in [0, 0.1) is 0 Å². The van der Waals surface area contributed by atoms with E-state index < -0.39 is 0 Å². The van der Waals surface area contributed by atoms with Crippen LogP contribution in [-0.4, -0.2) is 56.9 Å². The number of nitrogens with two attached hydrogens (primary N) is 1. The van der Waals surface area contributed by atoms with Crippen molar-refractivity contribution in [2.45, 2.75) is 30.8 Å². The molecule has 8 nitrogen and oxygen atoms in total. The first-order chi connectivity index (χ1) is 19.1. The molecule has 0 bridgehead atoms. The standard InChI is InChI=1S/C31H31N7O/c1-38-16-17-39-19-26(38)29-35-30(37-36-29)28-24-18-23(20-6-3-2-4-7-20)27(34-25(24)12-15-33-28)21-8-10-22(11-9-21)31(32)13-5-14-31/h2-4,6-12,15,18,26H,5,13-14,16-17,19,32H2,1H3,(H,35,36,37). The lowest BCUT2D eigenvalue weighted by atomic mass is 9.72. The molecule has 2 fully saturated rings. The molecule has 0 amide bonds. The van der Waals surface area contributed by atoms with Gasteiger partial charge in [0.25, 0.3) is 0 Å². The predicted octanol–water partition coefficient (Wildman–Crippen LogP) is 5.09. The Kier molecular flexibility index (Phi) is 5.96. The lowest BCUT2D eigenvalue weighted by molar-refractivity contribution is 0.00197. The van der Waals surface area contributed by atoms with Gasteiger partial charge in [-0.05, 0) is 49.6 Å². The SMILES string of the molecule is CN1CCOCC1c1nc(-c2nccc3nc(-c4ccc(C5(N)CCC5)cc4)c(-c4ccccc4)cc23)n[nH]1. The molecule has 196 valence electrons. The summed E-state index contributed by atoms with van der Waals surface area (Å²) in [6, 6.07) is 23.1. The molecular weight excluding hydrogens is 486 g/mol. The van der Waals surface area contributed by atoms with Gasteiger partial charge in [0.2, 0.25) is 5.82 Å². The molecule has 1 atom stereocenters. The van der Waals surface area contributed by atoms with Crippen LogP contribution in [0.15, 0.2) is 72.9 Å². The number of ether oxygens (including phenoxy) is 1. The summed E-state index contributed by atoms with van der Waals surface area (Å²) in [6.45, 7) is 2.17. The fourth-order valence-electron chi connectivity index (χ4n) is 5.64. The third kappa shape index (κ3) is 4.30. The lowest BCUT2D eigenvalue weighted by Gasteiger charge is -2.38. The van der Waals surface area contributed by atoms with Crippen LogP contribution in [0.3, 0.4) is 0 Å². The van der Waals surface area contributed by atoms with E-state index in [9.17, 15) is 0 Å². The van der Waals surface area contributed by atoms with E-state index in [2.05, 4.69) is 76.7 Å². The van der Waals surface area contributed by atoms with E-state index in [0.29, 0.717) is 18.1 Å². The van der Waals surface area contributed by atoms with Crippen LogP contribution in [0.25, 0.3) is 44.8 Å². The van der Waals surface area contributed by atoms with Crippen LogP contribution >= 0.6 is 0 Å². The van der Waals surface area contributed by atoms with Crippen molar-refractivity contribution in [3.8, 4) is 33.9 Å². The van der Waals surface area contributed by atoms with Crippen molar-refractivity contribution in [3.63, 3.8) is 0 Å². The Morgan fingerprint density at radius 3 is 2.54 bits per heavy atom. The third-order valence-corrected chi connectivity index (χ3v) is 8.23. The zero-order valence-corrected chi connectivity index (χ0v) is 22.0. The smallest absolute Gasteiger partial charge is 0.200 e. The van der Waals surface area contributed by atoms with Gasteiger partial charge in [-0.25, -0.2) is 9.97 Å². The summed E-state index contributed by atoms with van der Waals surface area (Å²) in [5.41, 5.74) is 13.3. The molecule has 1 aliphatic heterocycles. The molecule has 1 unspecified atom stereocenters. The molecule has 0 radical (unpaired) electrons. The molecular formula is C31H31N7O.